The number of nitrogens with zero attached hydrogens (tertiary/aromatic N) is 2. The summed E-state index contributed by atoms with van der Waals surface area (Å²) in [5.41, 5.74) is 2.83. The molecule has 0 radical (unpaired) electrons. The van der Waals surface area contributed by atoms with E-state index in [1.807, 2.05) is 60.7 Å². The lowest BCUT2D eigenvalue weighted by atomic mass is 9.98. The van der Waals surface area contributed by atoms with Crippen molar-refractivity contribution in [1.82, 2.24) is 0 Å². The van der Waals surface area contributed by atoms with Gasteiger partial charge in [0.1, 0.15) is 0 Å². The fourth-order valence-corrected chi connectivity index (χ4v) is 3.66. The molecule has 1 aliphatic rings. The Morgan fingerprint density at radius 2 is 1.50 bits per heavy atom. The van der Waals surface area contributed by atoms with Gasteiger partial charge in [0, 0.05) is 13.1 Å². The zero-order valence-electron chi connectivity index (χ0n) is 16.0. The minimum absolute atomic E-state index is 0.0883. The Balaban J connectivity index is 2.23. The van der Waals surface area contributed by atoms with Crippen molar-refractivity contribution in [2.75, 3.05) is 29.5 Å². The first-order valence-corrected chi connectivity index (χ1v) is 9.39. The van der Waals surface area contributed by atoms with Crippen LogP contribution >= 0.6 is 0 Å². The molecule has 0 bridgehead atoms. The molecule has 0 saturated carbocycles. The number of hydrogen-bond donors (Lipinski definition) is 0. The van der Waals surface area contributed by atoms with Crippen molar-refractivity contribution >= 4 is 17.3 Å². The average Bonchev–Trinajstić information content (AvgIpc) is 2.82. The van der Waals surface area contributed by atoms with E-state index in [0.717, 1.165) is 16.9 Å². The lowest BCUT2D eigenvalue weighted by Crippen LogP contribution is -2.46. The second-order valence-corrected chi connectivity index (χ2v) is 6.57. The van der Waals surface area contributed by atoms with Gasteiger partial charge in [-0.25, -0.2) is 0 Å². The molecule has 3 rings (SSSR count). The number of hydrogen-bond acceptors (Lipinski definition) is 3. The minimum atomic E-state index is -0.687. The molecule has 0 aromatic heterocycles. The molecule has 1 aliphatic heterocycles. The molecule has 0 unspecified atom stereocenters. The Morgan fingerprint density at radius 1 is 0.857 bits per heavy atom. The number of anilines is 2. The van der Waals surface area contributed by atoms with Crippen LogP contribution in [0.1, 0.15) is 11.6 Å². The molecule has 144 valence electrons. The highest BCUT2D eigenvalue weighted by molar-refractivity contribution is 6.02. The number of carbonyl (C=O) groups is 1. The molecule has 0 saturated heterocycles. The van der Waals surface area contributed by atoms with Crippen molar-refractivity contribution in [2.24, 2.45) is 0 Å². The van der Waals surface area contributed by atoms with Crippen molar-refractivity contribution in [2.45, 2.75) is 12.1 Å². The normalized spacial score (nSPS) is 18.9. The van der Waals surface area contributed by atoms with Gasteiger partial charge < -0.3 is 14.5 Å². The number of benzene rings is 2. The Kier molecular flexibility index (Phi) is 6.45. The number of ether oxygens (including phenoxy) is 1. The Bertz CT molecular complexity index is 847. The van der Waals surface area contributed by atoms with E-state index in [0.29, 0.717) is 19.7 Å². The molecule has 0 spiro atoms. The summed E-state index contributed by atoms with van der Waals surface area (Å²) in [6.07, 6.45) is 4.57. The third-order valence-corrected chi connectivity index (χ3v) is 4.79. The summed E-state index contributed by atoms with van der Waals surface area (Å²) in [5.74, 6) is -0.0883. The minimum Gasteiger partial charge on any atom is -0.362 e. The van der Waals surface area contributed by atoms with Crippen molar-refractivity contribution in [3.05, 3.63) is 98.1 Å². The van der Waals surface area contributed by atoms with Gasteiger partial charge in [0.15, 0.2) is 6.10 Å². The zero-order valence-corrected chi connectivity index (χ0v) is 16.0. The summed E-state index contributed by atoms with van der Waals surface area (Å²) in [5, 5.41) is 0. The summed E-state index contributed by atoms with van der Waals surface area (Å²) in [4.78, 5) is 17.5. The fraction of sp³-hybridized carbons (Fsp3) is 0.208. The van der Waals surface area contributed by atoms with E-state index >= 15 is 0 Å². The summed E-state index contributed by atoms with van der Waals surface area (Å²) in [6.45, 7) is 12.8. The third-order valence-electron chi connectivity index (χ3n) is 4.79. The first-order chi connectivity index (χ1) is 13.7. The van der Waals surface area contributed by atoms with Crippen LogP contribution in [0.5, 0.6) is 0 Å². The molecule has 0 N–H and O–H groups in total. The average molecular weight is 374 g/mol. The van der Waals surface area contributed by atoms with Crippen LogP contribution in [-0.2, 0) is 9.53 Å². The van der Waals surface area contributed by atoms with Crippen molar-refractivity contribution in [3.63, 3.8) is 0 Å². The van der Waals surface area contributed by atoms with Gasteiger partial charge in [0.25, 0.3) is 5.91 Å². The Labute approximate surface area is 167 Å². The third kappa shape index (κ3) is 3.78. The molecular formula is C24H26N2O2. The van der Waals surface area contributed by atoms with Crippen LogP contribution in [0.25, 0.3) is 0 Å². The van der Waals surface area contributed by atoms with Crippen LogP contribution in [0.3, 0.4) is 0 Å². The van der Waals surface area contributed by atoms with Crippen LogP contribution in [-0.4, -0.2) is 31.7 Å². The van der Waals surface area contributed by atoms with Gasteiger partial charge >= 0.3 is 0 Å². The van der Waals surface area contributed by atoms with Crippen LogP contribution in [0.15, 0.2) is 92.6 Å². The van der Waals surface area contributed by atoms with Gasteiger partial charge in [-0.15, -0.1) is 19.7 Å². The van der Waals surface area contributed by atoms with E-state index in [-0.39, 0.29) is 11.9 Å². The quantitative estimate of drug-likeness (QED) is 0.637. The standard InChI is InChI=1S/C24H26N2O2/c1-4-16-25-20-14-10-11-15-21(20)26(17-5-2)24(27)23(28-18-6-3)22(25)19-12-8-7-9-13-19/h4-15,22-23H,1-3,16-18H2/t22-,23-/m0/s1. The molecule has 0 aliphatic carbocycles. The van der Waals surface area contributed by atoms with E-state index in [1.54, 1.807) is 17.1 Å². The largest absolute Gasteiger partial charge is 0.362 e. The topological polar surface area (TPSA) is 32.8 Å². The predicted octanol–water partition coefficient (Wildman–Crippen LogP) is 4.52. The second-order valence-electron chi connectivity index (χ2n) is 6.57. The monoisotopic (exact) mass is 374 g/mol. The molecule has 2 aromatic rings. The number of fused-ring (bicyclic) bond motifs is 1. The van der Waals surface area contributed by atoms with E-state index < -0.39 is 6.10 Å². The van der Waals surface area contributed by atoms with Crippen molar-refractivity contribution in [1.29, 1.82) is 0 Å². The van der Waals surface area contributed by atoms with Gasteiger partial charge in [-0.1, -0.05) is 60.7 Å². The van der Waals surface area contributed by atoms with Crippen LogP contribution in [0.4, 0.5) is 11.4 Å². The second kappa shape index (κ2) is 9.20. The van der Waals surface area contributed by atoms with Gasteiger partial charge in [-0.2, -0.15) is 0 Å². The number of carbonyl (C=O) groups excluding carboxylic acids is 1. The molecule has 28 heavy (non-hydrogen) atoms. The van der Waals surface area contributed by atoms with Crippen LogP contribution in [0.2, 0.25) is 0 Å². The lowest BCUT2D eigenvalue weighted by Gasteiger charge is -2.35. The maximum Gasteiger partial charge on any atom is 0.259 e. The zero-order chi connectivity index (χ0) is 19.9. The van der Waals surface area contributed by atoms with Crippen molar-refractivity contribution in [3.8, 4) is 0 Å². The summed E-state index contributed by atoms with van der Waals surface area (Å²) >= 11 is 0. The van der Waals surface area contributed by atoms with Gasteiger partial charge in [-0.05, 0) is 17.7 Å². The van der Waals surface area contributed by atoms with E-state index in [1.165, 1.54) is 0 Å². The number of rotatable bonds is 8. The predicted molar refractivity (Wildman–Crippen MR) is 116 cm³/mol. The molecule has 4 nitrogen and oxygen atoms in total. The lowest BCUT2D eigenvalue weighted by molar-refractivity contribution is -0.130. The smallest absolute Gasteiger partial charge is 0.259 e. The van der Waals surface area contributed by atoms with Gasteiger partial charge in [0.05, 0.1) is 24.0 Å². The van der Waals surface area contributed by atoms with Gasteiger partial charge in [-0.3, -0.25) is 4.79 Å². The van der Waals surface area contributed by atoms with Gasteiger partial charge in [0.2, 0.25) is 0 Å². The highest BCUT2D eigenvalue weighted by Crippen LogP contribution is 2.41. The van der Waals surface area contributed by atoms with Crippen LogP contribution in [0, 0.1) is 0 Å². The maximum absolute atomic E-state index is 13.6. The molecule has 4 heteroatoms. The molecule has 1 heterocycles. The summed E-state index contributed by atoms with van der Waals surface area (Å²) in [7, 11) is 0. The highest BCUT2D eigenvalue weighted by atomic mass is 16.5. The summed E-state index contributed by atoms with van der Waals surface area (Å²) < 4.78 is 6.06. The first kappa shape index (κ1) is 19.6. The molecule has 1 amide bonds. The molecule has 2 aromatic carbocycles. The van der Waals surface area contributed by atoms with E-state index in [9.17, 15) is 4.79 Å². The molecule has 2 atom stereocenters. The first-order valence-electron chi connectivity index (χ1n) is 9.39. The Hall–Kier alpha value is -3.11. The summed E-state index contributed by atoms with van der Waals surface area (Å²) in [6, 6.07) is 17.6. The SMILES string of the molecule is C=CCO[C@@H]1C(=O)N(CC=C)c2ccccc2N(CC=C)[C@H]1c1ccccc1. The molecule has 0 fully saturated rings. The van der Waals surface area contributed by atoms with Crippen molar-refractivity contribution < 1.29 is 9.53 Å². The molecular weight excluding hydrogens is 348 g/mol. The highest BCUT2D eigenvalue weighted by Gasteiger charge is 2.41. The van der Waals surface area contributed by atoms with E-state index in [2.05, 4.69) is 24.6 Å². The van der Waals surface area contributed by atoms with Crippen LogP contribution < -0.4 is 9.80 Å². The Morgan fingerprint density at radius 3 is 2.14 bits per heavy atom. The fourth-order valence-electron chi connectivity index (χ4n) is 3.66. The van der Waals surface area contributed by atoms with E-state index in [4.69, 9.17) is 4.74 Å². The number of amides is 1. The number of para-hydroxylation sites is 2. The maximum atomic E-state index is 13.6.